The maximum Gasteiger partial charge on any atom is 0.154 e. The highest BCUT2D eigenvalue weighted by atomic mass is 32.2. The molecule has 1 fully saturated rings. The van der Waals surface area contributed by atoms with E-state index in [0.29, 0.717) is 11.7 Å². The Morgan fingerprint density at radius 3 is 2.90 bits per heavy atom. The summed E-state index contributed by atoms with van der Waals surface area (Å²) in [6, 6.07) is 7.78. The van der Waals surface area contributed by atoms with Gasteiger partial charge in [-0.2, -0.15) is 0 Å². The molecule has 0 aliphatic carbocycles. The van der Waals surface area contributed by atoms with Crippen LogP contribution >= 0.6 is 0 Å². The van der Waals surface area contributed by atoms with Crippen molar-refractivity contribution in [1.82, 2.24) is 9.55 Å². The summed E-state index contributed by atoms with van der Waals surface area (Å²) in [6.45, 7) is 2.30. The molecule has 0 N–H and O–H groups in total. The molecule has 0 radical (unpaired) electrons. The largest absolute Gasteiger partial charge is 0.381 e. The van der Waals surface area contributed by atoms with E-state index in [-0.39, 0.29) is 5.75 Å². The molecule has 0 spiro atoms. The van der Waals surface area contributed by atoms with Crippen LogP contribution in [0.5, 0.6) is 0 Å². The third-order valence-corrected chi connectivity index (χ3v) is 4.37. The van der Waals surface area contributed by atoms with E-state index in [9.17, 15) is 8.42 Å². The van der Waals surface area contributed by atoms with Gasteiger partial charge in [-0.15, -0.1) is 0 Å². The molecule has 1 aromatic carbocycles. The summed E-state index contributed by atoms with van der Waals surface area (Å²) in [5, 5.41) is 0. The fourth-order valence-corrected chi connectivity index (χ4v) is 3.35. The summed E-state index contributed by atoms with van der Waals surface area (Å²) in [5.74, 6) is 1.04. The summed E-state index contributed by atoms with van der Waals surface area (Å²) in [6.07, 6.45) is 2.26. The SMILES string of the molecule is CS(=O)(=O)Cc1nc2ccccc2n1C[C@@H]1CCOC1. The van der Waals surface area contributed by atoms with E-state index < -0.39 is 9.84 Å². The second kappa shape index (κ2) is 5.18. The predicted octanol–water partition coefficient (Wildman–Crippen LogP) is 1.62. The summed E-state index contributed by atoms with van der Waals surface area (Å²) >= 11 is 0. The molecule has 1 atom stereocenters. The van der Waals surface area contributed by atoms with Crippen molar-refractivity contribution in [2.75, 3.05) is 19.5 Å². The molecule has 6 heteroatoms. The molecule has 2 heterocycles. The highest BCUT2D eigenvalue weighted by Gasteiger charge is 2.21. The summed E-state index contributed by atoms with van der Waals surface area (Å²) < 4.78 is 30.6. The maximum absolute atomic E-state index is 11.6. The minimum Gasteiger partial charge on any atom is -0.381 e. The Bertz CT molecular complexity index is 715. The lowest BCUT2D eigenvalue weighted by Crippen LogP contribution is -2.15. The molecular weight excluding hydrogens is 276 g/mol. The summed E-state index contributed by atoms with van der Waals surface area (Å²) in [7, 11) is -3.10. The molecule has 0 bridgehead atoms. The number of aromatic nitrogens is 2. The second-order valence-corrected chi connectivity index (χ2v) is 7.57. The van der Waals surface area contributed by atoms with Crippen molar-refractivity contribution in [1.29, 1.82) is 0 Å². The topological polar surface area (TPSA) is 61.2 Å². The Hall–Kier alpha value is -1.40. The molecule has 0 unspecified atom stereocenters. The molecule has 1 saturated heterocycles. The number of rotatable bonds is 4. The van der Waals surface area contributed by atoms with Gasteiger partial charge in [0, 0.05) is 25.3 Å². The third-order valence-electron chi connectivity index (χ3n) is 3.59. The normalized spacial score (nSPS) is 19.8. The number of sulfone groups is 1. The fourth-order valence-electron chi connectivity index (χ4n) is 2.66. The molecule has 108 valence electrons. The Balaban J connectivity index is 2.02. The number of hydrogen-bond donors (Lipinski definition) is 0. The molecule has 0 amide bonds. The lowest BCUT2D eigenvalue weighted by molar-refractivity contribution is 0.182. The second-order valence-electron chi connectivity index (χ2n) is 5.43. The first-order valence-electron chi connectivity index (χ1n) is 6.72. The van der Waals surface area contributed by atoms with Crippen LogP contribution in [0, 0.1) is 5.92 Å². The van der Waals surface area contributed by atoms with Crippen molar-refractivity contribution in [3.63, 3.8) is 0 Å². The Morgan fingerprint density at radius 1 is 1.40 bits per heavy atom. The van der Waals surface area contributed by atoms with Gasteiger partial charge < -0.3 is 9.30 Å². The van der Waals surface area contributed by atoms with Crippen LogP contribution in [0.2, 0.25) is 0 Å². The number of fused-ring (bicyclic) bond motifs is 1. The molecular formula is C14H18N2O3S. The zero-order valence-electron chi connectivity index (χ0n) is 11.4. The van der Waals surface area contributed by atoms with Crippen LogP contribution in [0.15, 0.2) is 24.3 Å². The third kappa shape index (κ3) is 2.86. The maximum atomic E-state index is 11.6. The van der Waals surface area contributed by atoms with Crippen molar-refractivity contribution < 1.29 is 13.2 Å². The van der Waals surface area contributed by atoms with Crippen LogP contribution in [0.1, 0.15) is 12.2 Å². The molecule has 5 nitrogen and oxygen atoms in total. The van der Waals surface area contributed by atoms with Crippen molar-refractivity contribution in [2.45, 2.75) is 18.7 Å². The molecule has 3 rings (SSSR count). The van der Waals surface area contributed by atoms with Gasteiger partial charge in [0.25, 0.3) is 0 Å². The zero-order chi connectivity index (χ0) is 14.2. The number of imidazole rings is 1. The van der Waals surface area contributed by atoms with Crippen molar-refractivity contribution in [2.24, 2.45) is 5.92 Å². The molecule has 1 aromatic heterocycles. The van der Waals surface area contributed by atoms with Gasteiger partial charge in [0.05, 0.1) is 17.6 Å². The van der Waals surface area contributed by atoms with E-state index in [1.165, 1.54) is 6.26 Å². The average Bonchev–Trinajstić information content (AvgIpc) is 2.97. The number of para-hydroxylation sites is 2. The standard InChI is InChI=1S/C14H18N2O3S/c1-20(17,18)10-14-15-12-4-2-3-5-13(12)16(14)8-11-6-7-19-9-11/h2-5,11H,6-10H2,1H3/t11-/m0/s1. The van der Waals surface area contributed by atoms with E-state index in [0.717, 1.165) is 37.2 Å². The number of ether oxygens (including phenoxy) is 1. The first kappa shape index (κ1) is 13.6. The zero-order valence-corrected chi connectivity index (χ0v) is 12.3. The lowest BCUT2D eigenvalue weighted by atomic mass is 10.1. The van der Waals surface area contributed by atoms with Gasteiger partial charge in [-0.1, -0.05) is 12.1 Å². The number of benzene rings is 1. The van der Waals surface area contributed by atoms with Gasteiger partial charge in [-0.25, -0.2) is 13.4 Å². The minimum atomic E-state index is -3.10. The molecule has 1 aliphatic rings. The average molecular weight is 294 g/mol. The van der Waals surface area contributed by atoms with Crippen LogP contribution in [-0.2, 0) is 26.9 Å². The van der Waals surface area contributed by atoms with Gasteiger partial charge in [-0.05, 0) is 18.6 Å². The minimum absolute atomic E-state index is 0.0186. The van der Waals surface area contributed by atoms with Crippen LogP contribution in [0.25, 0.3) is 11.0 Å². The van der Waals surface area contributed by atoms with Crippen LogP contribution < -0.4 is 0 Å². The van der Waals surface area contributed by atoms with Gasteiger partial charge in [0.2, 0.25) is 0 Å². The van der Waals surface area contributed by atoms with Crippen molar-refractivity contribution >= 4 is 20.9 Å². The van der Waals surface area contributed by atoms with E-state index >= 15 is 0 Å². The van der Waals surface area contributed by atoms with Gasteiger partial charge in [-0.3, -0.25) is 0 Å². The monoisotopic (exact) mass is 294 g/mol. The highest BCUT2D eigenvalue weighted by Crippen LogP contribution is 2.22. The number of hydrogen-bond acceptors (Lipinski definition) is 4. The molecule has 20 heavy (non-hydrogen) atoms. The highest BCUT2D eigenvalue weighted by molar-refractivity contribution is 7.89. The van der Waals surface area contributed by atoms with Gasteiger partial charge in [0.1, 0.15) is 11.6 Å². The first-order valence-corrected chi connectivity index (χ1v) is 8.78. The summed E-state index contributed by atoms with van der Waals surface area (Å²) in [4.78, 5) is 4.48. The Labute approximate surface area is 118 Å². The quantitative estimate of drug-likeness (QED) is 0.859. The van der Waals surface area contributed by atoms with E-state index in [2.05, 4.69) is 4.98 Å². The van der Waals surface area contributed by atoms with E-state index in [1.54, 1.807) is 0 Å². The smallest absolute Gasteiger partial charge is 0.154 e. The van der Waals surface area contributed by atoms with Crippen LogP contribution in [-0.4, -0.2) is 37.4 Å². The van der Waals surface area contributed by atoms with Gasteiger partial charge in [0.15, 0.2) is 9.84 Å². The van der Waals surface area contributed by atoms with Crippen LogP contribution in [0.4, 0.5) is 0 Å². The van der Waals surface area contributed by atoms with Gasteiger partial charge >= 0.3 is 0 Å². The van der Waals surface area contributed by atoms with Crippen molar-refractivity contribution in [3.05, 3.63) is 30.1 Å². The van der Waals surface area contributed by atoms with E-state index in [4.69, 9.17) is 4.74 Å². The molecule has 2 aromatic rings. The Kier molecular flexibility index (Phi) is 3.52. The lowest BCUT2D eigenvalue weighted by Gasteiger charge is -2.12. The Morgan fingerprint density at radius 2 is 2.20 bits per heavy atom. The number of nitrogens with zero attached hydrogens (tertiary/aromatic N) is 2. The molecule has 1 aliphatic heterocycles. The summed E-state index contributed by atoms with van der Waals surface area (Å²) in [5.41, 5.74) is 1.85. The first-order chi connectivity index (χ1) is 9.53. The fraction of sp³-hybridized carbons (Fsp3) is 0.500. The van der Waals surface area contributed by atoms with Crippen molar-refractivity contribution in [3.8, 4) is 0 Å². The molecule has 0 saturated carbocycles. The van der Waals surface area contributed by atoms with E-state index in [1.807, 2.05) is 28.8 Å². The van der Waals surface area contributed by atoms with Crippen LogP contribution in [0.3, 0.4) is 0 Å². The predicted molar refractivity (Wildman–Crippen MR) is 77.2 cm³/mol.